The molecular formula is C18H26O3. The maximum absolute atomic E-state index is 9.89. The molecule has 0 unspecified atom stereocenters. The molecule has 0 amide bonds. The maximum atomic E-state index is 9.89. The molecule has 0 aromatic heterocycles. The van der Waals surface area contributed by atoms with Crippen LogP contribution in [0.1, 0.15) is 64.2 Å². The van der Waals surface area contributed by atoms with Crippen LogP contribution < -0.4 is 9.47 Å². The normalized spacial score (nSPS) is 21.1. The van der Waals surface area contributed by atoms with Gasteiger partial charge in [-0.1, -0.05) is 12.8 Å². The average Bonchev–Trinajstić information content (AvgIpc) is 2.48. The molecule has 1 aromatic carbocycles. The van der Waals surface area contributed by atoms with E-state index in [2.05, 4.69) is 0 Å². The van der Waals surface area contributed by atoms with E-state index in [1.165, 1.54) is 38.5 Å². The van der Waals surface area contributed by atoms with Crippen molar-refractivity contribution < 1.29 is 14.6 Å². The van der Waals surface area contributed by atoms with E-state index in [0.717, 1.165) is 37.2 Å². The van der Waals surface area contributed by atoms with Gasteiger partial charge in [0.1, 0.15) is 17.2 Å². The van der Waals surface area contributed by atoms with Gasteiger partial charge in [-0.2, -0.15) is 0 Å². The van der Waals surface area contributed by atoms with Crippen molar-refractivity contribution in [2.75, 3.05) is 0 Å². The molecule has 1 aromatic rings. The van der Waals surface area contributed by atoms with Gasteiger partial charge in [0.25, 0.3) is 0 Å². The summed E-state index contributed by atoms with van der Waals surface area (Å²) in [7, 11) is 0. The third-order valence-corrected chi connectivity index (χ3v) is 4.57. The van der Waals surface area contributed by atoms with Crippen LogP contribution in [-0.2, 0) is 0 Å². The van der Waals surface area contributed by atoms with Crippen molar-refractivity contribution in [3.05, 3.63) is 18.2 Å². The van der Waals surface area contributed by atoms with Gasteiger partial charge in [0, 0.05) is 18.2 Å². The van der Waals surface area contributed by atoms with Gasteiger partial charge in [-0.25, -0.2) is 0 Å². The Morgan fingerprint density at radius 1 is 0.667 bits per heavy atom. The van der Waals surface area contributed by atoms with Crippen LogP contribution >= 0.6 is 0 Å². The molecular weight excluding hydrogens is 264 g/mol. The molecule has 0 saturated heterocycles. The molecule has 0 spiro atoms. The Morgan fingerprint density at radius 2 is 1.10 bits per heavy atom. The van der Waals surface area contributed by atoms with Crippen LogP contribution in [0.3, 0.4) is 0 Å². The van der Waals surface area contributed by atoms with Crippen LogP contribution in [0.5, 0.6) is 17.2 Å². The van der Waals surface area contributed by atoms with Crippen LogP contribution in [0.2, 0.25) is 0 Å². The molecule has 21 heavy (non-hydrogen) atoms. The van der Waals surface area contributed by atoms with Crippen molar-refractivity contribution in [3.63, 3.8) is 0 Å². The molecule has 0 heterocycles. The molecule has 2 aliphatic rings. The lowest BCUT2D eigenvalue weighted by Gasteiger charge is -2.25. The minimum atomic E-state index is 0.231. The molecule has 3 rings (SSSR count). The molecule has 116 valence electrons. The van der Waals surface area contributed by atoms with Crippen molar-refractivity contribution in [2.45, 2.75) is 76.4 Å². The highest BCUT2D eigenvalue weighted by Gasteiger charge is 2.18. The minimum Gasteiger partial charge on any atom is -0.508 e. The summed E-state index contributed by atoms with van der Waals surface area (Å²) in [5.41, 5.74) is 0. The van der Waals surface area contributed by atoms with E-state index in [0.29, 0.717) is 12.2 Å². The van der Waals surface area contributed by atoms with Crippen LogP contribution in [0.25, 0.3) is 0 Å². The summed E-state index contributed by atoms with van der Waals surface area (Å²) in [6, 6.07) is 5.33. The molecule has 2 aliphatic carbocycles. The molecule has 0 atom stereocenters. The fraction of sp³-hybridized carbons (Fsp3) is 0.667. The number of hydrogen-bond donors (Lipinski definition) is 1. The highest BCUT2D eigenvalue weighted by molar-refractivity contribution is 5.41. The summed E-state index contributed by atoms with van der Waals surface area (Å²) in [6.07, 6.45) is 12.7. The molecule has 3 nitrogen and oxygen atoms in total. The summed E-state index contributed by atoms with van der Waals surface area (Å²) in [5, 5.41) is 9.89. The third kappa shape index (κ3) is 4.29. The quantitative estimate of drug-likeness (QED) is 0.864. The summed E-state index contributed by atoms with van der Waals surface area (Å²) >= 11 is 0. The highest BCUT2D eigenvalue weighted by Crippen LogP contribution is 2.32. The Bertz CT molecular complexity index is 408. The summed E-state index contributed by atoms with van der Waals surface area (Å²) in [6.45, 7) is 0. The largest absolute Gasteiger partial charge is 0.508 e. The molecule has 0 radical (unpaired) electrons. The zero-order valence-electron chi connectivity index (χ0n) is 12.7. The zero-order valence-corrected chi connectivity index (χ0v) is 12.7. The molecule has 0 aliphatic heterocycles. The fourth-order valence-corrected chi connectivity index (χ4v) is 3.44. The van der Waals surface area contributed by atoms with Crippen LogP contribution in [-0.4, -0.2) is 17.3 Å². The Balaban J connectivity index is 1.63. The lowest BCUT2D eigenvalue weighted by atomic mass is 9.97. The van der Waals surface area contributed by atoms with E-state index in [9.17, 15) is 5.11 Å². The first-order valence-electron chi connectivity index (χ1n) is 8.47. The van der Waals surface area contributed by atoms with Crippen LogP contribution in [0.15, 0.2) is 18.2 Å². The van der Waals surface area contributed by atoms with Gasteiger partial charge in [0.05, 0.1) is 12.2 Å². The molecule has 1 N–H and O–H groups in total. The fourth-order valence-electron chi connectivity index (χ4n) is 3.44. The van der Waals surface area contributed by atoms with E-state index in [1.807, 2.05) is 6.07 Å². The topological polar surface area (TPSA) is 38.7 Å². The Hall–Kier alpha value is -1.38. The predicted molar refractivity (Wildman–Crippen MR) is 83.1 cm³/mol. The Labute approximate surface area is 127 Å². The SMILES string of the molecule is Oc1cc(OC2CCCCC2)cc(OC2CCCCC2)c1. The lowest BCUT2D eigenvalue weighted by Crippen LogP contribution is -2.20. The first kappa shape index (κ1) is 14.6. The first-order valence-corrected chi connectivity index (χ1v) is 8.47. The Morgan fingerprint density at radius 3 is 1.52 bits per heavy atom. The van der Waals surface area contributed by atoms with Gasteiger partial charge in [-0.05, 0) is 51.4 Å². The minimum absolute atomic E-state index is 0.231. The number of phenolic OH excluding ortho intramolecular Hbond substituents is 1. The van der Waals surface area contributed by atoms with Crippen LogP contribution in [0, 0.1) is 0 Å². The van der Waals surface area contributed by atoms with Crippen molar-refractivity contribution in [3.8, 4) is 17.2 Å². The van der Waals surface area contributed by atoms with Gasteiger partial charge >= 0.3 is 0 Å². The highest BCUT2D eigenvalue weighted by atomic mass is 16.5. The molecule has 2 saturated carbocycles. The second-order valence-electron chi connectivity index (χ2n) is 6.42. The second-order valence-corrected chi connectivity index (χ2v) is 6.42. The van der Waals surface area contributed by atoms with E-state index >= 15 is 0 Å². The van der Waals surface area contributed by atoms with Gasteiger partial charge in [-0.15, -0.1) is 0 Å². The van der Waals surface area contributed by atoms with E-state index in [-0.39, 0.29) is 5.75 Å². The van der Waals surface area contributed by atoms with E-state index in [4.69, 9.17) is 9.47 Å². The number of phenols is 1. The number of aromatic hydroxyl groups is 1. The average molecular weight is 290 g/mol. The monoisotopic (exact) mass is 290 g/mol. The van der Waals surface area contributed by atoms with Gasteiger partial charge in [0.2, 0.25) is 0 Å². The van der Waals surface area contributed by atoms with E-state index < -0.39 is 0 Å². The Kier molecular flexibility index (Phi) is 4.89. The van der Waals surface area contributed by atoms with Gasteiger partial charge in [-0.3, -0.25) is 0 Å². The number of ether oxygens (including phenoxy) is 2. The zero-order chi connectivity index (χ0) is 14.5. The molecule has 0 bridgehead atoms. The summed E-state index contributed by atoms with van der Waals surface area (Å²) < 4.78 is 12.1. The van der Waals surface area contributed by atoms with Crippen molar-refractivity contribution in [1.82, 2.24) is 0 Å². The second kappa shape index (κ2) is 7.06. The summed E-state index contributed by atoms with van der Waals surface area (Å²) in [5.74, 6) is 1.72. The number of benzene rings is 1. The summed E-state index contributed by atoms with van der Waals surface area (Å²) in [4.78, 5) is 0. The van der Waals surface area contributed by atoms with Crippen molar-refractivity contribution >= 4 is 0 Å². The lowest BCUT2D eigenvalue weighted by molar-refractivity contribution is 0.145. The number of hydrogen-bond acceptors (Lipinski definition) is 3. The first-order chi connectivity index (χ1) is 10.3. The standard InChI is InChI=1S/C18H26O3/c19-14-11-17(20-15-7-3-1-4-8-15)13-18(12-14)21-16-9-5-2-6-10-16/h11-13,15-16,19H,1-10H2. The van der Waals surface area contributed by atoms with E-state index in [1.54, 1.807) is 12.1 Å². The van der Waals surface area contributed by atoms with Crippen molar-refractivity contribution in [1.29, 1.82) is 0 Å². The molecule has 3 heteroatoms. The molecule has 2 fully saturated rings. The third-order valence-electron chi connectivity index (χ3n) is 4.57. The smallest absolute Gasteiger partial charge is 0.127 e. The van der Waals surface area contributed by atoms with Crippen molar-refractivity contribution in [2.24, 2.45) is 0 Å². The van der Waals surface area contributed by atoms with Gasteiger partial charge < -0.3 is 14.6 Å². The van der Waals surface area contributed by atoms with Gasteiger partial charge in [0.15, 0.2) is 0 Å². The maximum Gasteiger partial charge on any atom is 0.127 e. The number of rotatable bonds is 4. The predicted octanol–water partition coefficient (Wildman–Crippen LogP) is 4.82. The van der Waals surface area contributed by atoms with Crippen LogP contribution in [0.4, 0.5) is 0 Å².